The number of anilines is 1. The number of nitrogens with one attached hydrogen (secondary N) is 1. The summed E-state index contributed by atoms with van der Waals surface area (Å²) in [6.45, 7) is 0.175. The number of amides is 1. The van der Waals surface area contributed by atoms with Crippen LogP contribution < -0.4 is 11.1 Å². The van der Waals surface area contributed by atoms with E-state index >= 15 is 0 Å². The van der Waals surface area contributed by atoms with E-state index in [1.54, 1.807) is 23.9 Å². The zero-order chi connectivity index (χ0) is 14.4. The topological polar surface area (TPSA) is 55.1 Å². The van der Waals surface area contributed by atoms with Crippen LogP contribution in [0.4, 0.5) is 10.1 Å². The first-order chi connectivity index (χ1) is 9.70. The molecular formula is C15H17FN2OS. The lowest BCUT2D eigenvalue weighted by atomic mass is 10.1. The van der Waals surface area contributed by atoms with Gasteiger partial charge in [0.1, 0.15) is 5.82 Å². The van der Waals surface area contributed by atoms with Crippen molar-refractivity contribution >= 4 is 23.4 Å². The minimum absolute atomic E-state index is 0.00706. The van der Waals surface area contributed by atoms with Crippen LogP contribution in [0.3, 0.4) is 0 Å². The molecule has 1 aliphatic heterocycles. The van der Waals surface area contributed by atoms with Crippen molar-refractivity contribution in [3.05, 3.63) is 29.6 Å². The highest BCUT2D eigenvalue weighted by Crippen LogP contribution is 2.26. The highest BCUT2D eigenvalue weighted by molar-refractivity contribution is 8.00. The molecule has 1 aliphatic rings. The maximum absolute atomic E-state index is 13.5. The molecule has 3 nitrogen and oxygen atoms in total. The summed E-state index contributed by atoms with van der Waals surface area (Å²) in [5.41, 5.74) is 6.10. The van der Waals surface area contributed by atoms with E-state index in [9.17, 15) is 9.18 Å². The van der Waals surface area contributed by atoms with Gasteiger partial charge >= 0.3 is 0 Å². The van der Waals surface area contributed by atoms with Crippen molar-refractivity contribution in [3.8, 4) is 11.8 Å². The SMILES string of the molecule is NCC#Cc1cc(NC(=O)C2CCCCS2)ccc1F. The standard InChI is InChI=1S/C15H17FN2OS/c16-13-7-6-12(10-11(13)4-3-8-17)18-15(19)14-5-1-2-9-20-14/h6-7,10,14H,1-2,5,8-9,17H2,(H,18,19). The zero-order valence-electron chi connectivity index (χ0n) is 11.1. The summed E-state index contributed by atoms with van der Waals surface area (Å²) in [7, 11) is 0. The number of carbonyl (C=O) groups excluding carboxylic acids is 1. The minimum Gasteiger partial charge on any atom is -0.325 e. The zero-order valence-corrected chi connectivity index (χ0v) is 11.9. The van der Waals surface area contributed by atoms with Crippen molar-refractivity contribution < 1.29 is 9.18 Å². The van der Waals surface area contributed by atoms with Crippen LogP contribution >= 0.6 is 11.8 Å². The molecule has 1 heterocycles. The predicted octanol–water partition coefficient (Wildman–Crippen LogP) is 2.36. The van der Waals surface area contributed by atoms with Gasteiger partial charge in [0.2, 0.25) is 5.91 Å². The maximum Gasteiger partial charge on any atom is 0.237 e. The number of hydrogen-bond donors (Lipinski definition) is 2. The third-order valence-corrected chi connectivity index (χ3v) is 4.41. The first kappa shape index (κ1) is 14.9. The molecule has 1 unspecified atom stereocenters. The van der Waals surface area contributed by atoms with Gasteiger partial charge in [0.15, 0.2) is 0 Å². The number of benzene rings is 1. The minimum atomic E-state index is -0.406. The molecule has 0 bridgehead atoms. The second-order valence-corrected chi connectivity index (χ2v) is 5.86. The Kier molecular flexibility index (Phi) is 5.45. The van der Waals surface area contributed by atoms with Gasteiger partial charge in [-0.3, -0.25) is 4.79 Å². The molecular weight excluding hydrogens is 275 g/mol. The maximum atomic E-state index is 13.5. The van der Waals surface area contributed by atoms with Crippen molar-refractivity contribution in [2.75, 3.05) is 17.6 Å². The number of hydrogen-bond acceptors (Lipinski definition) is 3. The molecule has 1 amide bonds. The second-order valence-electron chi connectivity index (χ2n) is 4.54. The number of halogens is 1. The summed E-state index contributed by atoms with van der Waals surface area (Å²) in [5.74, 6) is 5.87. The number of carbonyl (C=O) groups is 1. The lowest BCUT2D eigenvalue weighted by molar-refractivity contribution is -0.115. The van der Waals surface area contributed by atoms with Gasteiger partial charge in [-0.1, -0.05) is 18.3 Å². The Morgan fingerprint density at radius 2 is 2.35 bits per heavy atom. The van der Waals surface area contributed by atoms with E-state index in [1.807, 2.05) is 0 Å². The largest absolute Gasteiger partial charge is 0.325 e. The van der Waals surface area contributed by atoms with Crippen LogP contribution in [-0.2, 0) is 4.79 Å². The third-order valence-electron chi connectivity index (χ3n) is 3.03. The molecule has 2 rings (SSSR count). The van der Waals surface area contributed by atoms with Gasteiger partial charge in [-0.2, -0.15) is 0 Å². The number of nitrogens with two attached hydrogens (primary N) is 1. The van der Waals surface area contributed by atoms with Gasteiger partial charge in [-0.25, -0.2) is 4.39 Å². The third kappa shape index (κ3) is 3.99. The molecule has 20 heavy (non-hydrogen) atoms. The smallest absolute Gasteiger partial charge is 0.237 e. The highest BCUT2D eigenvalue weighted by Gasteiger charge is 2.21. The van der Waals surface area contributed by atoms with Crippen LogP contribution in [0.25, 0.3) is 0 Å². The summed E-state index contributed by atoms with van der Waals surface area (Å²) in [5, 5.41) is 2.82. The van der Waals surface area contributed by atoms with E-state index in [2.05, 4.69) is 17.2 Å². The number of rotatable bonds is 2. The lowest BCUT2D eigenvalue weighted by Gasteiger charge is -2.20. The first-order valence-corrected chi connectivity index (χ1v) is 7.66. The Morgan fingerprint density at radius 1 is 1.50 bits per heavy atom. The summed E-state index contributed by atoms with van der Waals surface area (Å²) in [4.78, 5) is 12.1. The Labute approximate surface area is 122 Å². The van der Waals surface area contributed by atoms with E-state index in [-0.39, 0.29) is 23.3 Å². The molecule has 0 aromatic heterocycles. The fourth-order valence-corrected chi connectivity index (χ4v) is 3.21. The molecule has 5 heteroatoms. The Morgan fingerprint density at radius 3 is 3.05 bits per heavy atom. The van der Waals surface area contributed by atoms with Crippen molar-refractivity contribution in [3.63, 3.8) is 0 Å². The van der Waals surface area contributed by atoms with Gasteiger partial charge in [0.05, 0.1) is 17.4 Å². The summed E-state index contributed by atoms with van der Waals surface area (Å²) in [6.07, 6.45) is 3.16. The molecule has 106 valence electrons. The molecule has 1 aromatic rings. The van der Waals surface area contributed by atoms with Gasteiger partial charge in [0, 0.05) is 5.69 Å². The number of thioether (sulfide) groups is 1. The molecule has 0 aliphatic carbocycles. The van der Waals surface area contributed by atoms with Crippen molar-refractivity contribution in [2.24, 2.45) is 5.73 Å². The quantitative estimate of drug-likeness (QED) is 0.823. The van der Waals surface area contributed by atoms with Gasteiger partial charge < -0.3 is 11.1 Å². The molecule has 1 fully saturated rings. The van der Waals surface area contributed by atoms with Crippen LogP contribution in [0.1, 0.15) is 24.8 Å². The van der Waals surface area contributed by atoms with E-state index in [1.165, 1.54) is 12.5 Å². The average molecular weight is 292 g/mol. The molecule has 1 saturated heterocycles. The monoisotopic (exact) mass is 292 g/mol. The second kappa shape index (κ2) is 7.32. The molecule has 0 spiro atoms. The summed E-state index contributed by atoms with van der Waals surface area (Å²) >= 11 is 1.68. The van der Waals surface area contributed by atoms with Crippen molar-refractivity contribution in [1.29, 1.82) is 0 Å². The summed E-state index contributed by atoms with van der Waals surface area (Å²) in [6, 6.07) is 4.40. The van der Waals surface area contributed by atoms with Gasteiger partial charge in [-0.15, -0.1) is 11.8 Å². The lowest BCUT2D eigenvalue weighted by Crippen LogP contribution is -2.27. The molecule has 0 radical (unpaired) electrons. The molecule has 1 aromatic carbocycles. The normalized spacial score (nSPS) is 18.0. The van der Waals surface area contributed by atoms with Gasteiger partial charge in [0.25, 0.3) is 0 Å². The summed E-state index contributed by atoms with van der Waals surface area (Å²) < 4.78 is 13.5. The predicted molar refractivity (Wildman–Crippen MR) is 81.1 cm³/mol. The fourth-order valence-electron chi connectivity index (χ4n) is 2.02. The van der Waals surface area contributed by atoms with Crippen molar-refractivity contribution in [2.45, 2.75) is 24.5 Å². The molecule has 0 saturated carbocycles. The highest BCUT2D eigenvalue weighted by atomic mass is 32.2. The van der Waals surface area contributed by atoms with Gasteiger partial charge in [-0.05, 0) is 36.8 Å². The van der Waals surface area contributed by atoms with Crippen molar-refractivity contribution in [1.82, 2.24) is 0 Å². The molecule has 1 atom stereocenters. The Hall–Kier alpha value is -1.51. The van der Waals surface area contributed by atoms with Crippen LogP contribution in [0.2, 0.25) is 0 Å². The Bertz CT molecular complexity index is 545. The van der Waals surface area contributed by atoms with E-state index in [4.69, 9.17) is 5.73 Å². The van der Waals surface area contributed by atoms with Crippen LogP contribution in [0, 0.1) is 17.7 Å². The van der Waals surface area contributed by atoms with E-state index < -0.39 is 5.82 Å². The van der Waals surface area contributed by atoms with E-state index in [0.29, 0.717) is 5.69 Å². The van der Waals surface area contributed by atoms with Crippen LogP contribution in [0.5, 0.6) is 0 Å². The first-order valence-electron chi connectivity index (χ1n) is 6.61. The van der Waals surface area contributed by atoms with Crippen LogP contribution in [0.15, 0.2) is 18.2 Å². The fraction of sp³-hybridized carbons (Fsp3) is 0.400. The molecule has 3 N–H and O–H groups in total. The van der Waals surface area contributed by atoms with E-state index in [0.717, 1.165) is 18.6 Å². The Balaban J connectivity index is 2.07. The average Bonchev–Trinajstić information content (AvgIpc) is 2.48. The van der Waals surface area contributed by atoms with Crippen LogP contribution in [-0.4, -0.2) is 23.5 Å².